The number of sulfonamides is 1. The molecule has 1 aliphatic rings. The fourth-order valence-electron chi connectivity index (χ4n) is 2.34. The summed E-state index contributed by atoms with van der Waals surface area (Å²) in [6.07, 6.45) is 0.956. The van der Waals surface area contributed by atoms with Crippen LogP contribution in [-0.4, -0.2) is 45.6 Å². The molecule has 0 unspecified atom stereocenters. The standard InChI is InChI=1S/C14H22N2O3S/c1-3-16(9-10-19-4-2)20(17,18)13-6-5-12-7-8-15-14(12)11-13/h5-6,11,15H,3-4,7-10H2,1-2H3. The molecule has 0 saturated heterocycles. The molecule has 2 rings (SSSR count). The molecule has 1 heterocycles. The molecule has 0 spiro atoms. The summed E-state index contributed by atoms with van der Waals surface area (Å²) in [5, 5.41) is 3.21. The Balaban J connectivity index is 2.19. The van der Waals surface area contributed by atoms with E-state index in [0.717, 1.165) is 18.7 Å². The molecular formula is C14H22N2O3S. The molecule has 1 aromatic carbocycles. The van der Waals surface area contributed by atoms with Crippen molar-refractivity contribution >= 4 is 15.7 Å². The molecule has 0 amide bonds. The summed E-state index contributed by atoms with van der Waals surface area (Å²) in [5.74, 6) is 0. The lowest BCUT2D eigenvalue weighted by molar-refractivity contribution is 0.135. The third-order valence-electron chi connectivity index (χ3n) is 3.47. The van der Waals surface area contributed by atoms with Gasteiger partial charge in [0.2, 0.25) is 10.0 Å². The summed E-state index contributed by atoms with van der Waals surface area (Å²) in [4.78, 5) is 0.351. The molecule has 0 atom stereocenters. The molecule has 0 fully saturated rings. The van der Waals surface area contributed by atoms with Crippen molar-refractivity contribution in [1.82, 2.24) is 4.31 Å². The van der Waals surface area contributed by atoms with Gasteiger partial charge in [0.25, 0.3) is 0 Å². The lowest BCUT2D eigenvalue weighted by Crippen LogP contribution is -2.34. The highest BCUT2D eigenvalue weighted by Gasteiger charge is 2.24. The molecule has 0 radical (unpaired) electrons. The van der Waals surface area contributed by atoms with E-state index in [2.05, 4.69) is 5.32 Å². The molecule has 0 aromatic heterocycles. The minimum Gasteiger partial charge on any atom is -0.384 e. The number of hydrogen-bond donors (Lipinski definition) is 1. The number of hydrogen-bond acceptors (Lipinski definition) is 4. The summed E-state index contributed by atoms with van der Waals surface area (Å²) in [6.45, 7) is 6.47. The van der Waals surface area contributed by atoms with E-state index in [-0.39, 0.29) is 0 Å². The van der Waals surface area contributed by atoms with E-state index in [1.54, 1.807) is 12.1 Å². The zero-order valence-electron chi connectivity index (χ0n) is 12.1. The van der Waals surface area contributed by atoms with E-state index in [0.29, 0.717) is 31.2 Å². The number of anilines is 1. The summed E-state index contributed by atoms with van der Waals surface area (Å²) in [6, 6.07) is 5.34. The van der Waals surface area contributed by atoms with Gasteiger partial charge in [0, 0.05) is 31.9 Å². The van der Waals surface area contributed by atoms with E-state index >= 15 is 0 Å². The first-order valence-electron chi connectivity index (χ1n) is 7.04. The first kappa shape index (κ1) is 15.3. The number of fused-ring (bicyclic) bond motifs is 1. The molecule has 1 aromatic rings. The van der Waals surface area contributed by atoms with Crippen molar-refractivity contribution in [3.8, 4) is 0 Å². The highest BCUT2D eigenvalue weighted by atomic mass is 32.2. The van der Waals surface area contributed by atoms with Crippen molar-refractivity contribution in [3.63, 3.8) is 0 Å². The van der Waals surface area contributed by atoms with E-state index in [9.17, 15) is 8.42 Å². The quantitative estimate of drug-likeness (QED) is 0.779. The van der Waals surface area contributed by atoms with Gasteiger partial charge in [0.1, 0.15) is 0 Å². The molecule has 0 aliphatic carbocycles. The van der Waals surface area contributed by atoms with Gasteiger partial charge in [-0.3, -0.25) is 0 Å². The van der Waals surface area contributed by atoms with Gasteiger partial charge in [-0.25, -0.2) is 8.42 Å². The number of ether oxygens (including phenoxy) is 1. The molecule has 20 heavy (non-hydrogen) atoms. The van der Waals surface area contributed by atoms with Gasteiger partial charge in [-0.2, -0.15) is 4.31 Å². The van der Waals surface area contributed by atoms with Crippen molar-refractivity contribution in [2.75, 3.05) is 38.2 Å². The maximum absolute atomic E-state index is 12.6. The second-order valence-electron chi connectivity index (χ2n) is 4.69. The zero-order chi connectivity index (χ0) is 14.6. The van der Waals surface area contributed by atoms with Crippen LogP contribution in [0.15, 0.2) is 23.1 Å². The van der Waals surface area contributed by atoms with E-state index < -0.39 is 10.0 Å². The monoisotopic (exact) mass is 298 g/mol. The van der Waals surface area contributed by atoms with Gasteiger partial charge in [0.15, 0.2) is 0 Å². The second-order valence-corrected chi connectivity index (χ2v) is 6.63. The first-order valence-corrected chi connectivity index (χ1v) is 8.48. The topological polar surface area (TPSA) is 58.6 Å². The highest BCUT2D eigenvalue weighted by Crippen LogP contribution is 2.26. The van der Waals surface area contributed by atoms with Crippen LogP contribution in [0.25, 0.3) is 0 Å². The smallest absolute Gasteiger partial charge is 0.243 e. The second kappa shape index (κ2) is 6.56. The van der Waals surface area contributed by atoms with Gasteiger partial charge in [-0.05, 0) is 31.0 Å². The van der Waals surface area contributed by atoms with Crippen molar-refractivity contribution in [2.45, 2.75) is 25.2 Å². The van der Waals surface area contributed by atoms with Crippen molar-refractivity contribution in [3.05, 3.63) is 23.8 Å². The van der Waals surface area contributed by atoms with Crippen LogP contribution >= 0.6 is 0 Å². The predicted molar refractivity (Wildman–Crippen MR) is 79.6 cm³/mol. The van der Waals surface area contributed by atoms with Crippen LogP contribution in [0.5, 0.6) is 0 Å². The Bertz CT molecular complexity index is 558. The zero-order valence-corrected chi connectivity index (χ0v) is 12.9. The molecule has 6 heteroatoms. The summed E-state index contributed by atoms with van der Waals surface area (Å²) >= 11 is 0. The van der Waals surface area contributed by atoms with Crippen molar-refractivity contribution < 1.29 is 13.2 Å². The number of nitrogens with zero attached hydrogens (tertiary/aromatic N) is 1. The fourth-order valence-corrected chi connectivity index (χ4v) is 3.80. The molecule has 1 aliphatic heterocycles. The van der Waals surface area contributed by atoms with Gasteiger partial charge in [-0.1, -0.05) is 13.0 Å². The number of nitrogens with one attached hydrogen (secondary N) is 1. The molecule has 0 saturated carbocycles. The van der Waals surface area contributed by atoms with Crippen LogP contribution in [0.2, 0.25) is 0 Å². The van der Waals surface area contributed by atoms with Gasteiger partial charge >= 0.3 is 0 Å². The molecule has 1 N–H and O–H groups in total. The average molecular weight is 298 g/mol. The number of likely N-dealkylation sites (N-methyl/N-ethyl adjacent to an activating group) is 1. The van der Waals surface area contributed by atoms with Crippen LogP contribution in [0.4, 0.5) is 5.69 Å². The van der Waals surface area contributed by atoms with E-state index in [1.165, 1.54) is 9.87 Å². The molecular weight excluding hydrogens is 276 g/mol. The Morgan fingerprint density at radius 2 is 2.15 bits per heavy atom. The van der Waals surface area contributed by atoms with Crippen LogP contribution in [-0.2, 0) is 21.2 Å². The third-order valence-corrected chi connectivity index (χ3v) is 5.44. The van der Waals surface area contributed by atoms with E-state index in [1.807, 2.05) is 19.9 Å². The fraction of sp³-hybridized carbons (Fsp3) is 0.571. The van der Waals surface area contributed by atoms with Crippen LogP contribution in [0.1, 0.15) is 19.4 Å². The summed E-state index contributed by atoms with van der Waals surface area (Å²) in [7, 11) is -3.44. The normalized spacial score (nSPS) is 14.3. The Labute approximate surface area is 121 Å². The minimum atomic E-state index is -3.44. The maximum atomic E-state index is 12.6. The SMILES string of the molecule is CCOCCN(CC)S(=O)(=O)c1ccc2c(c1)NCC2. The first-order chi connectivity index (χ1) is 9.59. The van der Waals surface area contributed by atoms with E-state index in [4.69, 9.17) is 4.74 Å². The Hall–Kier alpha value is -1.11. The third kappa shape index (κ3) is 3.13. The summed E-state index contributed by atoms with van der Waals surface area (Å²) < 4.78 is 31.9. The molecule has 5 nitrogen and oxygen atoms in total. The molecule has 112 valence electrons. The summed E-state index contributed by atoms with van der Waals surface area (Å²) in [5.41, 5.74) is 2.12. The minimum absolute atomic E-state index is 0.351. The molecule has 0 bridgehead atoms. The van der Waals surface area contributed by atoms with Gasteiger partial charge in [0.05, 0.1) is 11.5 Å². The largest absolute Gasteiger partial charge is 0.384 e. The van der Waals surface area contributed by atoms with Crippen molar-refractivity contribution in [2.24, 2.45) is 0 Å². The van der Waals surface area contributed by atoms with Crippen molar-refractivity contribution in [1.29, 1.82) is 0 Å². The average Bonchev–Trinajstić information content (AvgIpc) is 2.90. The van der Waals surface area contributed by atoms with Gasteiger partial charge < -0.3 is 10.1 Å². The lowest BCUT2D eigenvalue weighted by atomic mass is 10.2. The van der Waals surface area contributed by atoms with Gasteiger partial charge in [-0.15, -0.1) is 0 Å². The van der Waals surface area contributed by atoms with Crippen LogP contribution < -0.4 is 5.32 Å². The number of rotatable bonds is 7. The lowest BCUT2D eigenvalue weighted by Gasteiger charge is -2.20. The highest BCUT2D eigenvalue weighted by molar-refractivity contribution is 7.89. The predicted octanol–water partition coefficient (Wildman–Crippen LogP) is 1.70. The Kier molecular flexibility index (Phi) is 5.01. The number of benzene rings is 1. The Morgan fingerprint density at radius 1 is 1.35 bits per heavy atom. The maximum Gasteiger partial charge on any atom is 0.243 e. The van der Waals surface area contributed by atoms with Crippen LogP contribution in [0, 0.1) is 0 Å². The Morgan fingerprint density at radius 3 is 2.85 bits per heavy atom. The van der Waals surface area contributed by atoms with Crippen LogP contribution in [0.3, 0.4) is 0 Å².